The minimum Gasteiger partial charge on any atom is -0.383 e. The molecule has 2 saturated carbocycles. The first-order chi connectivity index (χ1) is 12.9. The fraction of sp³-hybridized carbons (Fsp3) is 0.565. The average Bonchev–Trinajstić information content (AvgIpc) is 3.43. The van der Waals surface area contributed by atoms with Crippen molar-refractivity contribution >= 4 is 11.6 Å². The first-order valence-electron chi connectivity index (χ1n) is 10.4. The first-order valence-corrected chi connectivity index (χ1v) is 10.4. The Labute approximate surface area is 163 Å². The number of nitrogens with two attached hydrogens (primary N) is 1. The molecule has 0 atom stereocenters. The molecule has 3 aliphatic rings. The van der Waals surface area contributed by atoms with E-state index in [-0.39, 0.29) is 0 Å². The number of hydrogen-bond acceptors (Lipinski definition) is 4. The Kier molecular flexibility index (Phi) is 4.61. The van der Waals surface area contributed by atoms with E-state index in [9.17, 15) is 0 Å². The summed E-state index contributed by atoms with van der Waals surface area (Å²) in [4.78, 5) is 8.49. The van der Waals surface area contributed by atoms with Gasteiger partial charge in [-0.25, -0.2) is 9.97 Å². The molecule has 4 heteroatoms. The van der Waals surface area contributed by atoms with Crippen molar-refractivity contribution in [3.05, 3.63) is 47.5 Å². The number of nitrogens with one attached hydrogen (secondary N) is 1. The Balaban J connectivity index is 1.69. The van der Waals surface area contributed by atoms with Crippen LogP contribution in [0.2, 0.25) is 0 Å². The van der Waals surface area contributed by atoms with Crippen molar-refractivity contribution in [3.63, 3.8) is 0 Å². The summed E-state index contributed by atoms with van der Waals surface area (Å²) in [6.07, 6.45) is 18.1. The second kappa shape index (κ2) is 6.81. The molecule has 4 nitrogen and oxygen atoms in total. The number of nitrogens with zero attached hydrogens (tertiary/aromatic N) is 2. The summed E-state index contributed by atoms with van der Waals surface area (Å²) in [6, 6.07) is 0. The van der Waals surface area contributed by atoms with Crippen molar-refractivity contribution in [2.75, 3.05) is 11.1 Å². The van der Waals surface area contributed by atoms with Gasteiger partial charge in [0.05, 0.1) is 0 Å². The van der Waals surface area contributed by atoms with Gasteiger partial charge < -0.3 is 11.1 Å². The third kappa shape index (κ3) is 3.54. The van der Waals surface area contributed by atoms with E-state index in [1.54, 1.807) is 0 Å². The van der Waals surface area contributed by atoms with Gasteiger partial charge in [0, 0.05) is 11.3 Å². The molecule has 1 aromatic heterocycles. The maximum Gasteiger partial charge on any atom is 0.138 e. The molecule has 0 aromatic carbocycles. The van der Waals surface area contributed by atoms with Crippen LogP contribution in [0.3, 0.4) is 0 Å². The molecule has 0 unspecified atom stereocenters. The van der Waals surface area contributed by atoms with Gasteiger partial charge in [-0.15, -0.1) is 0 Å². The summed E-state index contributed by atoms with van der Waals surface area (Å²) in [6.45, 7) is 8.71. The fourth-order valence-electron chi connectivity index (χ4n) is 5.15. The van der Waals surface area contributed by atoms with Crippen molar-refractivity contribution in [1.82, 2.24) is 9.97 Å². The molecule has 1 aromatic rings. The van der Waals surface area contributed by atoms with Gasteiger partial charge in [-0.2, -0.15) is 0 Å². The molecule has 0 bridgehead atoms. The lowest BCUT2D eigenvalue weighted by Crippen LogP contribution is -2.28. The molecular weight excluding hydrogens is 332 g/mol. The maximum absolute atomic E-state index is 5.97. The van der Waals surface area contributed by atoms with E-state index in [0.29, 0.717) is 16.6 Å². The summed E-state index contributed by atoms with van der Waals surface area (Å²) in [5.74, 6) is 1.32. The second-order valence-electron chi connectivity index (χ2n) is 9.04. The molecule has 0 radical (unpaired) electrons. The molecule has 4 rings (SSSR count). The third-order valence-corrected chi connectivity index (χ3v) is 7.11. The Bertz CT molecular complexity index is 808. The van der Waals surface area contributed by atoms with Gasteiger partial charge in [0.25, 0.3) is 0 Å². The monoisotopic (exact) mass is 364 g/mol. The predicted molar refractivity (Wildman–Crippen MR) is 112 cm³/mol. The molecule has 1 heterocycles. The highest BCUT2D eigenvalue weighted by Crippen LogP contribution is 2.63. The third-order valence-electron chi connectivity index (χ3n) is 7.11. The average molecular weight is 365 g/mol. The van der Waals surface area contributed by atoms with Gasteiger partial charge in [-0.1, -0.05) is 31.9 Å². The van der Waals surface area contributed by atoms with E-state index in [1.807, 2.05) is 6.92 Å². The SMILES string of the molecule is C=C1/C(C)=C\C(Nc2ncnc(N)c2C)=C/CC2(CCCCC2)CC12CC2. The van der Waals surface area contributed by atoms with Crippen molar-refractivity contribution < 1.29 is 0 Å². The highest BCUT2D eigenvalue weighted by molar-refractivity contribution is 5.58. The molecule has 0 aliphatic heterocycles. The van der Waals surface area contributed by atoms with Crippen molar-refractivity contribution in [2.24, 2.45) is 10.8 Å². The zero-order chi connectivity index (χ0) is 19.1. The lowest BCUT2D eigenvalue weighted by molar-refractivity contribution is 0.147. The normalized spacial score (nSPS) is 27.7. The number of nitrogen functional groups attached to an aromatic ring is 1. The van der Waals surface area contributed by atoms with Gasteiger partial charge in [0.15, 0.2) is 0 Å². The van der Waals surface area contributed by atoms with Crippen LogP contribution < -0.4 is 11.1 Å². The van der Waals surface area contributed by atoms with Crippen LogP contribution in [0.5, 0.6) is 0 Å². The summed E-state index contributed by atoms with van der Waals surface area (Å²) in [5, 5.41) is 3.52. The van der Waals surface area contributed by atoms with Crippen LogP contribution >= 0.6 is 0 Å². The van der Waals surface area contributed by atoms with E-state index in [4.69, 9.17) is 5.73 Å². The van der Waals surface area contributed by atoms with Crippen molar-refractivity contribution in [3.8, 4) is 0 Å². The topological polar surface area (TPSA) is 63.8 Å². The lowest BCUT2D eigenvalue weighted by atomic mass is 9.65. The molecule has 0 saturated heterocycles. The number of allylic oxidation sites excluding steroid dienone is 4. The predicted octanol–water partition coefficient (Wildman–Crippen LogP) is 5.69. The zero-order valence-corrected chi connectivity index (χ0v) is 16.8. The molecule has 27 heavy (non-hydrogen) atoms. The fourth-order valence-corrected chi connectivity index (χ4v) is 5.15. The Hall–Kier alpha value is -2.10. The van der Waals surface area contributed by atoms with Crippen LogP contribution in [0.15, 0.2) is 41.9 Å². The van der Waals surface area contributed by atoms with Gasteiger partial charge in [0.1, 0.15) is 18.0 Å². The van der Waals surface area contributed by atoms with Gasteiger partial charge in [-0.3, -0.25) is 0 Å². The van der Waals surface area contributed by atoms with E-state index >= 15 is 0 Å². The zero-order valence-electron chi connectivity index (χ0n) is 16.8. The largest absolute Gasteiger partial charge is 0.383 e. The van der Waals surface area contributed by atoms with Gasteiger partial charge >= 0.3 is 0 Å². The molecule has 2 spiro atoms. The Morgan fingerprint density at radius 2 is 1.81 bits per heavy atom. The number of hydrogen-bond donors (Lipinski definition) is 2. The van der Waals surface area contributed by atoms with Crippen molar-refractivity contribution in [2.45, 2.75) is 71.6 Å². The summed E-state index contributed by atoms with van der Waals surface area (Å²) < 4.78 is 0. The van der Waals surface area contributed by atoms with Gasteiger partial charge in [-0.05, 0) is 80.4 Å². The molecular formula is C23H32N4. The Morgan fingerprint density at radius 3 is 2.52 bits per heavy atom. The second-order valence-corrected chi connectivity index (χ2v) is 9.04. The number of rotatable bonds is 2. The van der Waals surface area contributed by atoms with Crippen LogP contribution in [0.1, 0.15) is 70.3 Å². The quantitative estimate of drug-likeness (QED) is 0.707. The lowest BCUT2D eigenvalue weighted by Gasteiger charge is -2.40. The minimum absolute atomic E-state index is 0.358. The number of anilines is 2. The first kappa shape index (κ1) is 18.3. The van der Waals surface area contributed by atoms with Crippen LogP contribution in [0.25, 0.3) is 0 Å². The summed E-state index contributed by atoms with van der Waals surface area (Å²) in [5.41, 5.74) is 11.4. The Morgan fingerprint density at radius 1 is 1.07 bits per heavy atom. The smallest absolute Gasteiger partial charge is 0.138 e. The molecule has 2 fully saturated rings. The van der Waals surface area contributed by atoms with Gasteiger partial charge in [0.2, 0.25) is 0 Å². The van der Waals surface area contributed by atoms with Crippen LogP contribution in [-0.2, 0) is 0 Å². The van der Waals surface area contributed by atoms with E-state index < -0.39 is 0 Å². The van der Waals surface area contributed by atoms with Crippen LogP contribution in [0, 0.1) is 17.8 Å². The summed E-state index contributed by atoms with van der Waals surface area (Å²) >= 11 is 0. The van der Waals surface area contributed by atoms with E-state index in [1.165, 1.54) is 68.8 Å². The molecule has 3 aliphatic carbocycles. The highest BCUT2D eigenvalue weighted by Gasteiger charge is 2.51. The van der Waals surface area contributed by atoms with E-state index in [2.05, 4.69) is 40.9 Å². The molecule has 144 valence electrons. The van der Waals surface area contributed by atoms with E-state index in [0.717, 1.165) is 23.5 Å². The maximum atomic E-state index is 5.97. The summed E-state index contributed by atoms with van der Waals surface area (Å²) in [7, 11) is 0. The van der Waals surface area contributed by atoms with Crippen LogP contribution in [0.4, 0.5) is 11.6 Å². The molecule has 0 amide bonds. The van der Waals surface area contributed by atoms with Crippen LogP contribution in [-0.4, -0.2) is 9.97 Å². The number of aromatic nitrogens is 2. The standard InChI is InChI=1S/C23H32N4/c1-16-13-19(27-21-17(2)20(24)25-15-26-21)7-10-22(8-5-4-6-9-22)14-23(11-12-23)18(16)3/h7,13,15H,3-6,8-12,14H2,1-2H3,(H3,24,25,26,27)/b16-13-,19-7+. The minimum atomic E-state index is 0.358. The van der Waals surface area contributed by atoms with Crippen molar-refractivity contribution in [1.29, 1.82) is 0 Å². The highest BCUT2D eigenvalue weighted by atomic mass is 15.0. The molecule has 3 N–H and O–H groups in total.